The number of rotatable bonds is 6. The highest BCUT2D eigenvalue weighted by Crippen LogP contribution is 2.23. The number of hydrazine groups is 1. The van der Waals surface area contributed by atoms with Crippen molar-refractivity contribution in [3.05, 3.63) is 45.4 Å². The molecule has 0 saturated carbocycles. The van der Waals surface area contributed by atoms with Crippen molar-refractivity contribution < 1.29 is 14.3 Å². The van der Waals surface area contributed by atoms with Gasteiger partial charge in [0.1, 0.15) is 6.61 Å². The molecule has 1 aromatic carbocycles. The van der Waals surface area contributed by atoms with Crippen LogP contribution in [0.3, 0.4) is 0 Å². The van der Waals surface area contributed by atoms with E-state index in [1.165, 1.54) is 0 Å². The molecule has 8 heteroatoms. The van der Waals surface area contributed by atoms with Crippen molar-refractivity contribution in [2.75, 3.05) is 6.61 Å². The van der Waals surface area contributed by atoms with Gasteiger partial charge in [0.15, 0.2) is 5.70 Å². The molecule has 0 heterocycles. The van der Waals surface area contributed by atoms with Crippen LogP contribution in [-0.2, 0) is 20.9 Å². The monoisotopic (exact) mass is 319 g/mol. The number of hydrogen-bond acceptors (Lipinski definition) is 6. The standard InChI is InChI=1S/C12H15Cl2N3O3/c1-2-19-12(18)10(17-16)11(15)20-6-7-3-4-8(13)9(14)5-7/h3-5,17H,2,6,15-16H2,1H3/b11-10+. The summed E-state index contributed by atoms with van der Waals surface area (Å²) in [6.07, 6.45) is 0. The first kappa shape index (κ1) is 16.4. The van der Waals surface area contributed by atoms with E-state index in [4.69, 9.17) is 44.3 Å². The SMILES string of the molecule is CCOC(=O)/C(NN)=C(/N)OCc1ccc(Cl)c(Cl)c1. The molecule has 110 valence electrons. The van der Waals surface area contributed by atoms with Gasteiger partial charge < -0.3 is 20.6 Å². The van der Waals surface area contributed by atoms with Crippen molar-refractivity contribution in [2.24, 2.45) is 11.6 Å². The summed E-state index contributed by atoms with van der Waals surface area (Å²) < 4.78 is 10.0. The minimum absolute atomic E-state index is 0.104. The van der Waals surface area contributed by atoms with Gasteiger partial charge in [-0.15, -0.1) is 0 Å². The third-order valence-electron chi connectivity index (χ3n) is 2.25. The van der Waals surface area contributed by atoms with Crippen LogP contribution in [0.5, 0.6) is 0 Å². The quantitative estimate of drug-likeness (QED) is 0.242. The maximum absolute atomic E-state index is 11.5. The van der Waals surface area contributed by atoms with Gasteiger partial charge in [0.05, 0.1) is 16.7 Å². The summed E-state index contributed by atoms with van der Waals surface area (Å²) in [6.45, 7) is 1.97. The summed E-state index contributed by atoms with van der Waals surface area (Å²) >= 11 is 11.7. The third kappa shape index (κ3) is 4.48. The Bertz CT molecular complexity index is 521. The summed E-state index contributed by atoms with van der Waals surface area (Å²) in [6, 6.07) is 4.99. The first-order valence-electron chi connectivity index (χ1n) is 5.69. The van der Waals surface area contributed by atoms with E-state index >= 15 is 0 Å². The van der Waals surface area contributed by atoms with Crippen LogP contribution >= 0.6 is 23.2 Å². The average molecular weight is 320 g/mol. The number of ether oxygens (including phenoxy) is 2. The fraction of sp³-hybridized carbons (Fsp3) is 0.250. The van der Waals surface area contributed by atoms with Crippen LogP contribution < -0.4 is 17.0 Å². The number of carbonyl (C=O) groups excluding carboxylic acids is 1. The van der Waals surface area contributed by atoms with Crippen molar-refractivity contribution in [2.45, 2.75) is 13.5 Å². The molecule has 6 nitrogen and oxygen atoms in total. The van der Waals surface area contributed by atoms with E-state index in [-0.39, 0.29) is 24.8 Å². The second-order valence-corrected chi connectivity index (χ2v) is 4.46. The van der Waals surface area contributed by atoms with Crippen molar-refractivity contribution in [1.29, 1.82) is 0 Å². The molecule has 20 heavy (non-hydrogen) atoms. The molecule has 0 fully saturated rings. The topological polar surface area (TPSA) is 99.6 Å². The molecule has 0 spiro atoms. The Morgan fingerprint density at radius 2 is 2.00 bits per heavy atom. The van der Waals surface area contributed by atoms with E-state index in [0.717, 1.165) is 5.56 Å². The normalized spacial score (nSPS) is 11.6. The molecule has 0 aromatic heterocycles. The van der Waals surface area contributed by atoms with Gasteiger partial charge in [-0.1, -0.05) is 29.3 Å². The number of esters is 1. The van der Waals surface area contributed by atoms with E-state index in [1.807, 2.05) is 0 Å². The minimum atomic E-state index is -0.693. The molecular weight excluding hydrogens is 305 g/mol. The maximum atomic E-state index is 11.5. The molecule has 0 saturated heterocycles. The molecule has 0 bridgehead atoms. The number of halogens is 2. The van der Waals surface area contributed by atoms with Gasteiger partial charge in [-0.3, -0.25) is 5.84 Å². The summed E-state index contributed by atoms with van der Waals surface area (Å²) in [7, 11) is 0. The van der Waals surface area contributed by atoms with Gasteiger partial charge in [-0.05, 0) is 24.6 Å². The molecule has 0 aliphatic carbocycles. The van der Waals surface area contributed by atoms with Crippen LogP contribution in [0.2, 0.25) is 10.0 Å². The van der Waals surface area contributed by atoms with Crippen LogP contribution in [0.15, 0.2) is 29.8 Å². The average Bonchev–Trinajstić information content (AvgIpc) is 2.41. The zero-order valence-electron chi connectivity index (χ0n) is 10.8. The Hall–Kier alpha value is -1.63. The summed E-state index contributed by atoms with van der Waals surface area (Å²) in [5.74, 6) is 4.35. The highest BCUT2D eigenvalue weighted by molar-refractivity contribution is 6.42. The van der Waals surface area contributed by atoms with Crippen molar-refractivity contribution >= 4 is 29.2 Å². The van der Waals surface area contributed by atoms with Gasteiger partial charge in [-0.2, -0.15) is 0 Å². The van der Waals surface area contributed by atoms with E-state index in [9.17, 15) is 4.79 Å². The second-order valence-electron chi connectivity index (χ2n) is 3.64. The molecule has 1 rings (SSSR count). The lowest BCUT2D eigenvalue weighted by Gasteiger charge is -2.11. The zero-order valence-corrected chi connectivity index (χ0v) is 12.3. The molecule has 0 atom stereocenters. The van der Waals surface area contributed by atoms with Crippen LogP contribution in [0.1, 0.15) is 12.5 Å². The number of nitrogens with two attached hydrogens (primary N) is 2. The number of carbonyl (C=O) groups is 1. The lowest BCUT2D eigenvalue weighted by atomic mass is 10.2. The molecule has 0 unspecified atom stereocenters. The van der Waals surface area contributed by atoms with E-state index in [2.05, 4.69) is 5.43 Å². The summed E-state index contributed by atoms with van der Waals surface area (Å²) in [5, 5.41) is 0.840. The maximum Gasteiger partial charge on any atom is 0.361 e. The predicted molar refractivity (Wildman–Crippen MR) is 76.4 cm³/mol. The van der Waals surface area contributed by atoms with Crippen molar-refractivity contribution in [3.8, 4) is 0 Å². The van der Waals surface area contributed by atoms with Crippen LogP contribution in [0.25, 0.3) is 0 Å². The summed E-state index contributed by atoms with van der Waals surface area (Å²) in [4.78, 5) is 11.5. The van der Waals surface area contributed by atoms with Crippen LogP contribution in [-0.4, -0.2) is 12.6 Å². The third-order valence-corrected chi connectivity index (χ3v) is 2.99. The van der Waals surface area contributed by atoms with E-state index in [1.54, 1.807) is 25.1 Å². The van der Waals surface area contributed by atoms with Crippen LogP contribution in [0.4, 0.5) is 0 Å². The lowest BCUT2D eigenvalue weighted by Crippen LogP contribution is -2.32. The van der Waals surface area contributed by atoms with Crippen molar-refractivity contribution in [3.63, 3.8) is 0 Å². The molecule has 0 aliphatic rings. The molecule has 0 amide bonds. The Morgan fingerprint density at radius 1 is 1.30 bits per heavy atom. The van der Waals surface area contributed by atoms with Gasteiger partial charge in [-0.25, -0.2) is 4.79 Å². The molecular formula is C12H15Cl2N3O3. The molecule has 1 aromatic rings. The Kier molecular flexibility index (Phi) is 6.44. The first-order chi connectivity index (χ1) is 9.49. The number of nitrogens with one attached hydrogen (secondary N) is 1. The van der Waals surface area contributed by atoms with Gasteiger partial charge in [0.25, 0.3) is 0 Å². The molecule has 0 radical (unpaired) electrons. The molecule has 0 aliphatic heterocycles. The molecule has 5 N–H and O–H groups in total. The fourth-order valence-corrected chi connectivity index (χ4v) is 1.62. The smallest absolute Gasteiger partial charge is 0.361 e. The fourth-order valence-electron chi connectivity index (χ4n) is 1.30. The highest BCUT2D eigenvalue weighted by atomic mass is 35.5. The van der Waals surface area contributed by atoms with Crippen molar-refractivity contribution in [1.82, 2.24) is 5.43 Å². The Morgan fingerprint density at radius 3 is 2.55 bits per heavy atom. The minimum Gasteiger partial charge on any atom is -0.473 e. The van der Waals surface area contributed by atoms with E-state index < -0.39 is 5.97 Å². The predicted octanol–water partition coefficient (Wildman–Crippen LogP) is 1.66. The number of benzene rings is 1. The Labute approximate surface area is 126 Å². The van der Waals surface area contributed by atoms with Crippen LogP contribution in [0, 0.1) is 0 Å². The largest absolute Gasteiger partial charge is 0.473 e. The Balaban J connectivity index is 2.75. The van der Waals surface area contributed by atoms with Gasteiger partial charge in [0, 0.05) is 0 Å². The first-order valence-corrected chi connectivity index (χ1v) is 6.45. The summed E-state index contributed by atoms with van der Waals surface area (Å²) in [5.41, 5.74) is 8.37. The second kappa shape index (κ2) is 7.84. The zero-order chi connectivity index (χ0) is 15.1. The van der Waals surface area contributed by atoms with E-state index in [0.29, 0.717) is 10.0 Å². The highest BCUT2D eigenvalue weighted by Gasteiger charge is 2.15. The van der Waals surface area contributed by atoms with Gasteiger partial charge in [0.2, 0.25) is 5.88 Å². The lowest BCUT2D eigenvalue weighted by molar-refractivity contribution is -0.139. The van der Waals surface area contributed by atoms with Gasteiger partial charge >= 0.3 is 5.97 Å². The number of hydrogen-bond donors (Lipinski definition) is 3.